The van der Waals surface area contributed by atoms with Crippen LogP contribution in [0.2, 0.25) is 0 Å². The summed E-state index contributed by atoms with van der Waals surface area (Å²) in [4.78, 5) is 21.0. The number of nitrogens with zero attached hydrogens (tertiary/aromatic N) is 3. The Kier molecular flexibility index (Phi) is 6.93. The minimum Gasteiger partial charge on any atom is -0.444 e. The minimum absolute atomic E-state index is 0.106. The Morgan fingerprint density at radius 2 is 2.00 bits per heavy atom. The molecule has 7 nitrogen and oxygen atoms in total. The number of piperidine rings is 1. The largest absolute Gasteiger partial charge is 0.444 e. The smallest absolute Gasteiger partial charge is 0.407 e. The topological polar surface area (TPSA) is 69.2 Å². The minimum atomic E-state index is -0.465. The molecule has 2 aliphatic rings. The zero-order chi connectivity index (χ0) is 18.4. The Hall–Kier alpha value is -1.50. The summed E-state index contributed by atoms with van der Waals surface area (Å²) >= 11 is 0. The van der Waals surface area contributed by atoms with Crippen LogP contribution < -0.4 is 10.6 Å². The van der Waals surface area contributed by atoms with Crippen molar-refractivity contribution in [2.75, 3.05) is 46.8 Å². The van der Waals surface area contributed by atoms with Crippen LogP contribution in [0.4, 0.5) is 4.79 Å². The van der Waals surface area contributed by atoms with Gasteiger partial charge in [0.15, 0.2) is 5.96 Å². The molecule has 1 amide bonds. The molecule has 2 N–H and O–H groups in total. The van der Waals surface area contributed by atoms with Crippen molar-refractivity contribution in [3.63, 3.8) is 0 Å². The molecular weight excluding hydrogens is 318 g/mol. The van der Waals surface area contributed by atoms with Gasteiger partial charge in [-0.1, -0.05) is 0 Å². The quantitative estimate of drug-likeness (QED) is 0.594. The average Bonchev–Trinajstić information content (AvgIpc) is 2.94. The number of alkyl carbamates (subject to hydrolysis) is 1. The standard InChI is InChI=1S/C18H35N5O2/c1-18(2,3)25-17(24)21-15-8-10-23(13-15)16(19-4)20-11-14-7-6-9-22(5)12-14/h14-15H,6-13H2,1-5H3,(H,19,20)(H,21,24). The third kappa shape index (κ3) is 6.72. The fourth-order valence-corrected chi connectivity index (χ4v) is 3.55. The Balaban J connectivity index is 1.75. The van der Waals surface area contributed by atoms with E-state index in [0.29, 0.717) is 5.92 Å². The third-order valence-electron chi connectivity index (χ3n) is 4.69. The fourth-order valence-electron chi connectivity index (χ4n) is 3.55. The highest BCUT2D eigenvalue weighted by Gasteiger charge is 2.28. The molecule has 2 heterocycles. The van der Waals surface area contributed by atoms with Crippen LogP contribution >= 0.6 is 0 Å². The molecule has 144 valence electrons. The van der Waals surface area contributed by atoms with Crippen LogP contribution in [-0.2, 0) is 4.74 Å². The molecule has 2 rings (SSSR count). The maximum absolute atomic E-state index is 11.9. The number of amides is 1. The Bertz CT molecular complexity index is 475. The van der Waals surface area contributed by atoms with Gasteiger partial charge in [-0.2, -0.15) is 0 Å². The number of carbonyl (C=O) groups is 1. The summed E-state index contributed by atoms with van der Waals surface area (Å²) in [5.74, 6) is 1.61. The first-order chi connectivity index (χ1) is 11.8. The molecule has 0 aromatic rings. The molecule has 2 aliphatic heterocycles. The Morgan fingerprint density at radius 3 is 2.64 bits per heavy atom. The van der Waals surface area contributed by atoms with Crippen LogP contribution in [0.15, 0.2) is 4.99 Å². The van der Waals surface area contributed by atoms with Crippen molar-refractivity contribution in [2.24, 2.45) is 10.9 Å². The van der Waals surface area contributed by atoms with Gasteiger partial charge >= 0.3 is 6.09 Å². The maximum atomic E-state index is 11.9. The number of aliphatic imine (C=N–C) groups is 1. The number of rotatable bonds is 3. The molecule has 2 fully saturated rings. The van der Waals surface area contributed by atoms with E-state index in [1.165, 1.54) is 19.4 Å². The summed E-state index contributed by atoms with van der Waals surface area (Å²) in [5, 5.41) is 6.48. The first kappa shape index (κ1) is 19.8. The molecule has 0 aromatic carbocycles. The highest BCUT2D eigenvalue weighted by molar-refractivity contribution is 5.80. The molecule has 0 saturated carbocycles. The monoisotopic (exact) mass is 353 g/mol. The van der Waals surface area contributed by atoms with Crippen LogP contribution in [0.5, 0.6) is 0 Å². The second-order valence-electron chi connectivity index (χ2n) is 8.28. The predicted octanol–water partition coefficient (Wildman–Crippen LogP) is 1.50. The molecule has 0 spiro atoms. The van der Waals surface area contributed by atoms with Crippen LogP contribution in [-0.4, -0.2) is 80.3 Å². The van der Waals surface area contributed by atoms with E-state index in [4.69, 9.17) is 4.74 Å². The van der Waals surface area contributed by atoms with E-state index >= 15 is 0 Å². The summed E-state index contributed by atoms with van der Waals surface area (Å²) in [6.07, 6.45) is 3.11. The van der Waals surface area contributed by atoms with Crippen molar-refractivity contribution in [3.05, 3.63) is 0 Å². The lowest BCUT2D eigenvalue weighted by Crippen LogP contribution is -2.46. The van der Waals surface area contributed by atoms with Crippen molar-refractivity contribution in [1.82, 2.24) is 20.4 Å². The first-order valence-corrected chi connectivity index (χ1v) is 9.40. The van der Waals surface area contributed by atoms with Gasteiger partial charge in [0.05, 0.1) is 6.04 Å². The van der Waals surface area contributed by atoms with E-state index in [2.05, 4.69) is 32.5 Å². The summed E-state index contributed by atoms with van der Waals surface area (Å²) in [6.45, 7) is 10.6. The van der Waals surface area contributed by atoms with Gasteiger partial charge in [0.25, 0.3) is 0 Å². The lowest BCUT2D eigenvalue weighted by molar-refractivity contribution is 0.0507. The summed E-state index contributed by atoms with van der Waals surface area (Å²) in [5.41, 5.74) is -0.465. The van der Waals surface area contributed by atoms with E-state index in [1.54, 1.807) is 0 Å². The van der Waals surface area contributed by atoms with E-state index < -0.39 is 5.60 Å². The van der Waals surface area contributed by atoms with Gasteiger partial charge in [-0.15, -0.1) is 0 Å². The molecule has 0 aromatic heterocycles. The van der Waals surface area contributed by atoms with E-state index in [1.807, 2.05) is 27.8 Å². The number of carbonyl (C=O) groups excluding carboxylic acids is 1. The van der Waals surface area contributed by atoms with Gasteiger partial charge in [0.1, 0.15) is 5.60 Å². The van der Waals surface area contributed by atoms with Crippen molar-refractivity contribution in [3.8, 4) is 0 Å². The molecule has 7 heteroatoms. The molecule has 25 heavy (non-hydrogen) atoms. The normalized spacial score (nSPS) is 25.8. The van der Waals surface area contributed by atoms with Gasteiger partial charge in [-0.3, -0.25) is 4.99 Å². The summed E-state index contributed by atoms with van der Waals surface area (Å²) < 4.78 is 5.34. The van der Waals surface area contributed by atoms with Crippen LogP contribution in [0.1, 0.15) is 40.0 Å². The number of guanidine groups is 1. The molecular formula is C18H35N5O2. The third-order valence-corrected chi connectivity index (χ3v) is 4.69. The zero-order valence-electron chi connectivity index (χ0n) is 16.5. The van der Waals surface area contributed by atoms with Crippen molar-refractivity contribution in [2.45, 2.75) is 51.7 Å². The SMILES string of the molecule is CN=C(NCC1CCCN(C)C1)N1CCC(NC(=O)OC(C)(C)C)C1. The predicted molar refractivity (Wildman–Crippen MR) is 101 cm³/mol. The molecule has 0 aliphatic carbocycles. The van der Waals surface area contributed by atoms with E-state index in [0.717, 1.165) is 38.6 Å². The highest BCUT2D eigenvalue weighted by Crippen LogP contribution is 2.15. The fraction of sp³-hybridized carbons (Fsp3) is 0.889. The Morgan fingerprint density at radius 1 is 1.24 bits per heavy atom. The molecule has 0 bridgehead atoms. The number of hydrogen-bond donors (Lipinski definition) is 2. The molecule has 0 radical (unpaired) electrons. The van der Waals surface area contributed by atoms with Crippen LogP contribution in [0.25, 0.3) is 0 Å². The number of hydrogen-bond acceptors (Lipinski definition) is 4. The van der Waals surface area contributed by atoms with Crippen LogP contribution in [0, 0.1) is 5.92 Å². The van der Waals surface area contributed by atoms with Crippen molar-refractivity contribution in [1.29, 1.82) is 0 Å². The highest BCUT2D eigenvalue weighted by atomic mass is 16.6. The molecule has 2 atom stereocenters. The molecule has 2 unspecified atom stereocenters. The number of likely N-dealkylation sites (tertiary alicyclic amines) is 2. The lowest BCUT2D eigenvalue weighted by Gasteiger charge is -2.31. The first-order valence-electron chi connectivity index (χ1n) is 9.40. The second kappa shape index (κ2) is 8.74. The lowest BCUT2D eigenvalue weighted by atomic mass is 9.99. The maximum Gasteiger partial charge on any atom is 0.407 e. The van der Waals surface area contributed by atoms with Crippen molar-refractivity contribution >= 4 is 12.1 Å². The number of nitrogens with one attached hydrogen (secondary N) is 2. The Labute approximate surface area is 152 Å². The van der Waals surface area contributed by atoms with Gasteiger partial charge in [-0.25, -0.2) is 4.79 Å². The van der Waals surface area contributed by atoms with Crippen LogP contribution in [0.3, 0.4) is 0 Å². The van der Waals surface area contributed by atoms with E-state index in [-0.39, 0.29) is 12.1 Å². The van der Waals surface area contributed by atoms with Gasteiger partial charge in [-0.05, 0) is 59.5 Å². The molecule has 2 saturated heterocycles. The summed E-state index contributed by atoms with van der Waals surface area (Å²) in [6, 6.07) is 0.106. The van der Waals surface area contributed by atoms with Gasteiger partial charge in [0, 0.05) is 33.2 Å². The second-order valence-corrected chi connectivity index (χ2v) is 8.28. The van der Waals surface area contributed by atoms with Crippen molar-refractivity contribution < 1.29 is 9.53 Å². The van der Waals surface area contributed by atoms with Gasteiger partial charge < -0.3 is 25.2 Å². The summed E-state index contributed by atoms with van der Waals surface area (Å²) in [7, 11) is 4.01. The zero-order valence-corrected chi connectivity index (χ0v) is 16.5. The average molecular weight is 354 g/mol. The van der Waals surface area contributed by atoms with E-state index in [9.17, 15) is 4.79 Å². The number of ether oxygens (including phenoxy) is 1. The van der Waals surface area contributed by atoms with Gasteiger partial charge in [0.2, 0.25) is 0 Å².